The second kappa shape index (κ2) is 12.6. The fourth-order valence-corrected chi connectivity index (χ4v) is 3.34. The van der Waals surface area contributed by atoms with Crippen LogP contribution in [-0.2, 0) is 9.59 Å². The lowest BCUT2D eigenvalue weighted by Gasteiger charge is -2.15. The molecule has 1 aliphatic rings. The second-order valence-electron chi connectivity index (χ2n) is 7.68. The zero-order valence-corrected chi connectivity index (χ0v) is 18.9. The van der Waals surface area contributed by atoms with Crippen molar-refractivity contribution >= 4 is 30.4 Å². The van der Waals surface area contributed by atoms with Gasteiger partial charge in [-0.15, -0.1) is 0 Å². The molecule has 1 aromatic rings. The largest absolute Gasteiger partial charge is 0.493 e. The van der Waals surface area contributed by atoms with E-state index in [9.17, 15) is 14.4 Å². The van der Waals surface area contributed by atoms with Gasteiger partial charge in [-0.05, 0) is 57.5 Å². The van der Waals surface area contributed by atoms with Crippen molar-refractivity contribution in [2.75, 3.05) is 27.3 Å². The van der Waals surface area contributed by atoms with E-state index in [0.29, 0.717) is 46.7 Å². The van der Waals surface area contributed by atoms with Gasteiger partial charge in [0.05, 0.1) is 19.4 Å². The lowest BCUT2D eigenvalue weighted by Crippen LogP contribution is -2.25. The van der Waals surface area contributed by atoms with Gasteiger partial charge in [0.1, 0.15) is 6.29 Å². The smallest absolute Gasteiger partial charge is 0.224 e. The van der Waals surface area contributed by atoms with E-state index >= 15 is 0 Å². The fourth-order valence-electron chi connectivity index (χ4n) is 3.34. The summed E-state index contributed by atoms with van der Waals surface area (Å²) in [6.07, 6.45) is 7.65. The summed E-state index contributed by atoms with van der Waals surface area (Å²) < 4.78 is 11.2. The van der Waals surface area contributed by atoms with Crippen LogP contribution in [0.3, 0.4) is 0 Å². The first-order valence-corrected chi connectivity index (χ1v) is 10.5. The third kappa shape index (κ3) is 7.46. The van der Waals surface area contributed by atoms with Crippen LogP contribution in [0.2, 0.25) is 0 Å². The SMILES string of the molecule is C=C(/C=C(\C)C=O)NC(=O)CCCOc1cc(N=CC2CCCN2C)c(C=O)cc1OC. The van der Waals surface area contributed by atoms with E-state index in [1.54, 1.807) is 19.1 Å². The highest BCUT2D eigenvalue weighted by molar-refractivity contribution is 5.87. The molecule has 172 valence electrons. The predicted octanol–water partition coefficient (Wildman–Crippen LogP) is 3.24. The third-order valence-corrected chi connectivity index (χ3v) is 5.10. The summed E-state index contributed by atoms with van der Waals surface area (Å²) in [7, 11) is 3.55. The molecule has 1 aromatic carbocycles. The number of nitrogens with one attached hydrogen (secondary N) is 1. The third-order valence-electron chi connectivity index (χ3n) is 5.10. The normalized spacial score (nSPS) is 16.7. The summed E-state index contributed by atoms with van der Waals surface area (Å²) in [6, 6.07) is 3.54. The zero-order chi connectivity index (χ0) is 23.5. The van der Waals surface area contributed by atoms with Gasteiger partial charge < -0.3 is 14.8 Å². The predicted molar refractivity (Wildman–Crippen MR) is 124 cm³/mol. The first kappa shape index (κ1) is 25.0. The second-order valence-corrected chi connectivity index (χ2v) is 7.68. The molecule has 8 heteroatoms. The Kier molecular flexibility index (Phi) is 9.81. The Morgan fingerprint density at radius 2 is 2.12 bits per heavy atom. The zero-order valence-electron chi connectivity index (χ0n) is 18.9. The Morgan fingerprint density at radius 1 is 1.34 bits per heavy atom. The molecule has 0 spiro atoms. The number of nitrogens with zero attached hydrogens (tertiary/aromatic N) is 2. The van der Waals surface area contributed by atoms with E-state index in [2.05, 4.69) is 28.8 Å². The van der Waals surface area contributed by atoms with Crippen LogP contribution in [0, 0.1) is 0 Å². The summed E-state index contributed by atoms with van der Waals surface area (Å²) in [5.74, 6) is 0.665. The van der Waals surface area contributed by atoms with Crippen molar-refractivity contribution in [1.82, 2.24) is 10.2 Å². The van der Waals surface area contributed by atoms with Crippen molar-refractivity contribution in [1.29, 1.82) is 0 Å². The molecule has 0 bridgehead atoms. The maximum absolute atomic E-state index is 12.0. The van der Waals surface area contributed by atoms with Crippen LogP contribution in [0.25, 0.3) is 0 Å². The van der Waals surface area contributed by atoms with Crippen LogP contribution in [0.4, 0.5) is 5.69 Å². The quantitative estimate of drug-likeness (QED) is 0.176. The number of aldehydes is 2. The van der Waals surface area contributed by atoms with Gasteiger partial charge in [0.15, 0.2) is 17.8 Å². The molecule has 1 saturated heterocycles. The van der Waals surface area contributed by atoms with Gasteiger partial charge in [0.25, 0.3) is 0 Å². The molecule has 0 aliphatic carbocycles. The van der Waals surface area contributed by atoms with Crippen molar-refractivity contribution in [2.24, 2.45) is 4.99 Å². The van der Waals surface area contributed by atoms with E-state index in [0.717, 1.165) is 25.7 Å². The monoisotopic (exact) mass is 441 g/mol. The standard InChI is InChI=1S/C24H31N3O5/c1-17(15-28)11-18(2)26-24(30)8-6-10-32-23-13-21(19(16-29)12-22(23)31-4)25-14-20-7-5-9-27(20)3/h11-16,20H,2,5-10H2,1,3-4H3,(H,26,30)/b17-11+,25-14?. The molecule has 1 amide bonds. The Morgan fingerprint density at radius 3 is 2.75 bits per heavy atom. The number of likely N-dealkylation sites (tertiary alicyclic amines) is 1. The molecular weight excluding hydrogens is 410 g/mol. The molecule has 1 heterocycles. The minimum atomic E-state index is -0.220. The summed E-state index contributed by atoms with van der Waals surface area (Å²) in [5, 5.41) is 2.63. The lowest BCUT2D eigenvalue weighted by molar-refractivity contribution is -0.120. The fraction of sp³-hybridized carbons (Fsp3) is 0.417. The van der Waals surface area contributed by atoms with Gasteiger partial charge in [-0.2, -0.15) is 0 Å². The van der Waals surface area contributed by atoms with Crippen LogP contribution in [-0.4, -0.2) is 62.9 Å². The van der Waals surface area contributed by atoms with E-state index < -0.39 is 0 Å². The molecule has 1 aliphatic heterocycles. The van der Waals surface area contributed by atoms with Crippen molar-refractivity contribution in [3.8, 4) is 11.5 Å². The average Bonchev–Trinajstić information content (AvgIpc) is 3.19. The van der Waals surface area contributed by atoms with Crippen LogP contribution in [0.15, 0.2) is 41.1 Å². The number of carbonyl (C=O) groups excluding carboxylic acids is 3. The number of ether oxygens (including phenoxy) is 2. The summed E-state index contributed by atoms with van der Waals surface area (Å²) in [4.78, 5) is 40.9. The number of benzene rings is 1. The van der Waals surface area contributed by atoms with E-state index in [-0.39, 0.29) is 25.0 Å². The Balaban J connectivity index is 1.97. The van der Waals surface area contributed by atoms with Crippen molar-refractivity contribution in [3.63, 3.8) is 0 Å². The Hall–Kier alpha value is -3.26. The van der Waals surface area contributed by atoms with Crippen molar-refractivity contribution < 1.29 is 23.9 Å². The Labute approximate surface area is 189 Å². The average molecular weight is 442 g/mol. The van der Waals surface area contributed by atoms with Crippen LogP contribution in [0.1, 0.15) is 43.0 Å². The van der Waals surface area contributed by atoms with Gasteiger partial charge in [0.2, 0.25) is 5.91 Å². The minimum absolute atomic E-state index is 0.220. The van der Waals surface area contributed by atoms with Crippen LogP contribution in [0.5, 0.6) is 11.5 Å². The van der Waals surface area contributed by atoms with Gasteiger partial charge >= 0.3 is 0 Å². The lowest BCUT2D eigenvalue weighted by atomic mass is 10.1. The highest BCUT2D eigenvalue weighted by Gasteiger charge is 2.19. The molecule has 1 unspecified atom stereocenters. The maximum atomic E-state index is 12.0. The number of rotatable bonds is 12. The maximum Gasteiger partial charge on any atom is 0.224 e. The number of methoxy groups -OCH3 is 1. The minimum Gasteiger partial charge on any atom is -0.493 e. The number of hydrogen-bond acceptors (Lipinski definition) is 7. The molecule has 32 heavy (non-hydrogen) atoms. The number of carbonyl (C=O) groups is 3. The van der Waals surface area contributed by atoms with E-state index in [1.165, 1.54) is 13.2 Å². The highest BCUT2D eigenvalue weighted by atomic mass is 16.5. The number of allylic oxidation sites excluding steroid dienone is 2. The molecule has 1 atom stereocenters. The molecule has 1 fully saturated rings. The van der Waals surface area contributed by atoms with E-state index in [1.807, 2.05) is 6.21 Å². The molecular formula is C24H31N3O5. The van der Waals surface area contributed by atoms with Crippen molar-refractivity contribution in [3.05, 3.63) is 41.6 Å². The first-order valence-electron chi connectivity index (χ1n) is 10.5. The topological polar surface area (TPSA) is 97.3 Å². The van der Waals surface area contributed by atoms with Crippen molar-refractivity contribution in [2.45, 2.75) is 38.6 Å². The molecule has 0 aromatic heterocycles. The summed E-state index contributed by atoms with van der Waals surface area (Å²) >= 11 is 0. The molecule has 8 nitrogen and oxygen atoms in total. The molecule has 1 N–H and O–H groups in total. The number of aliphatic imine (C=N–C) groups is 1. The summed E-state index contributed by atoms with van der Waals surface area (Å²) in [6.45, 7) is 6.63. The number of hydrogen-bond donors (Lipinski definition) is 1. The summed E-state index contributed by atoms with van der Waals surface area (Å²) in [5.41, 5.74) is 1.77. The van der Waals surface area contributed by atoms with E-state index in [4.69, 9.17) is 9.47 Å². The highest BCUT2D eigenvalue weighted by Crippen LogP contribution is 2.34. The van der Waals surface area contributed by atoms with Crippen LogP contribution < -0.4 is 14.8 Å². The van der Waals surface area contributed by atoms with Gasteiger partial charge in [-0.25, -0.2) is 0 Å². The molecule has 0 saturated carbocycles. The number of amides is 1. The molecule has 2 rings (SSSR count). The Bertz CT molecular complexity index is 907. The first-order chi connectivity index (χ1) is 15.4. The van der Waals surface area contributed by atoms with Gasteiger partial charge in [0, 0.05) is 36.0 Å². The van der Waals surface area contributed by atoms with Crippen LogP contribution >= 0.6 is 0 Å². The van der Waals surface area contributed by atoms with Gasteiger partial charge in [-0.1, -0.05) is 6.58 Å². The molecule has 0 radical (unpaired) electrons. The van der Waals surface area contributed by atoms with Gasteiger partial charge in [-0.3, -0.25) is 24.3 Å².